The van der Waals surface area contributed by atoms with E-state index in [2.05, 4.69) is 4.98 Å². The highest BCUT2D eigenvalue weighted by atomic mass is 35.5. The number of imidazole rings is 1. The standard InChI is InChI=1S/C12H16ClN3O3S2/c13-10-11(16-5-7-20-12(16)14-10)21(18,19)15-4-1-2-9(8-15)3-6-17/h5,7,9,17H,1-4,6,8H2. The highest BCUT2D eigenvalue weighted by Gasteiger charge is 2.34. The van der Waals surface area contributed by atoms with Gasteiger partial charge in [0.25, 0.3) is 10.0 Å². The lowest BCUT2D eigenvalue weighted by Crippen LogP contribution is -2.40. The van der Waals surface area contributed by atoms with E-state index in [1.165, 1.54) is 20.0 Å². The second kappa shape index (κ2) is 5.85. The van der Waals surface area contributed by atoms with Gasteiger partial charge in [-0.25, -0.2) is 13.4 Å². The summed E-state index contributed by atoms with van der Waals surface area (Å²) in [5.74, 6) is 0.197. The lowest BCUT2D eigenvalue weighted by Gasteiger charge is -2.31. The molecule has 1 unspecified atom stereocenters. The van der Waals surface area contributed by atoms with Gasteiger partial charge in [-0.1, -0.05) is 11.6 Å². The number of aliphatic hydroxyl groups excluding tert-OH is 1. The van der Waals surface area contributed by atoms with Crippen LogP contribution in [0.15, 0.2) is 16.6 Å². The third-order valence-electron chi connectivity index (χ3n) is 3.78. The molecule has 116 valence electrons. The van der Waals surface area contributed by atoms with Crippen molar-refractivity contribution in [3.63, 3.8) is 0 Å². The molecule has 0 aromatic carbocycles. The van der Waals surface area contributed by atoms with E-state index in [0.717, 1.165) is 12.8 Å². The molecule has 0 aliphatic carbocycles. The summed E-state index contributed by atoms with van der Waals surface area (Å²) < 4.78 is 28.7. The fraction of sp³-hybridized carbons (Fsp3) is 0.583. The zero-order valence-electron chi connectivity index (χ0n) is 11.3. The summed E-state index contributed by atoms with van der Waals surface area (Å²) in [5, 5.41) is 10.9. The Morgan fingerprint density at radius 2 is 2.33 bits per heavy atom. The van der Waals surface area contributed by atoms with Crippen LogP contribution in [0.2, 0.25) is 5.15 Å². The molecule has 1 atom stereocenters. The zero-order valence-corrected chi connectivity index (χ0v) is 13.7. The normalized spacial score (nSPS) is 21.1. The van der Waals surface area contributed by atoms with E-state index in [4.69, 9.17) is 16.7 Å². The van der Waals surface area contributed by atoms with Crippen molar-refractivity contribution in [1.82, 2.24) is 13.7 Å². The molecule has 2 aromatic heterocycles. The van der Waals surface area contributed by atoms with E-state index in [1.807, 2.05) is 0 Å². The Labute approximate surface area is 132 Å². The van der Waals surface area contributed by atoms with Crippen LogP contribution in [-0.2, 0) is 10.0 Å². The van der Waals surface area contributed by atoms with Gasteiger partial charge in [0, 0.05) is 31.3 Å². The van der Waals surface area contributed by atoms with Crippen molar-refractivity contribution in [3.8, 4) is 0 Å². The second-order valence-electron chi connectivity index (χ2n) is 5.15. The first-order valence-electron chi connectivity index (χ1n) is 6.76. The van der Waals surface area contributed by atoms with Gasteiger partial charge in [-0.05, 0) is 25.2 Å². The van der Waals surface area contributed by atoms with E-state index in [-0.39, 0.29) is 22.7 Å². The summed E-state index contributed by atoms with van der Waals surface area (Å²) in [6.07, 6.45) is 4.04. The Morgan fingerprint density at radius 1 is 1.52 bits per heavy atom. The van der Waals surface area contributed by atoms with Gasteiger partial charge in [-0.3, -0.25) is 4.40 Å². The molecule has 1 saturated heterocycles. The molecule has 1 fully saturated rings. The summed E-state index contributed by atoms with van der Waals surface area (Å²) >= 11 is 7.38. The molecule has 3 rings (SSSR count). The van der Waals surface area contributed by atoms with Crippen molar-refractivity contribution >= 4 is 37.9 Å². The fourth-order valence-electron chi connectivity index (χ4n) is 2.76. The number of hydrogen-bond acceptors (Lipinski definition) is 5. The Balaban J connectivity index is 1.96. The van der Waals surface area contributed by atoms with Crippen LogP contribution in [0.1, 0.15) is 19.3 Å². The average molecular weight is 350 g/mol. The lowest BCUT2D eigenvalue weighted by atomic mass is 9.97. The monoisotopic (exact) mass is 349 g/mol. The van der Waals surface area contributed by atoms with Crippen LogP contribution >= 0.6 is 22.9 Å². The highest BCUT2D eigenvalue weighted by molar-refractivity contribution is 7.89. The van der Waals surface area contributed by atoms with Gasteiger partial charge in [-0.2, -0.15) is 4.31 Å². The van der Waals surface area contributed by atoms with Crippen LogP contribution in [0.4, 0.5) is 0 Å². The smallest absolute Gasteiger partial charge is 0.262 e. The summed E-state index contributed by atoms with van der Waals surface area (Å²) in [6.45, 7) is 0.995. The molecule has 0 radical (unpaired) electrons. The molecule has 1 N–H and O–H groups in total. The quantitative estimate of drug-likeness (QED) is 0.913. The third-order valence-corrected chi connectivity index (χ3v) is 6.80. The van der Waals surface area contributed by atoms with Crippen LogP contribution < -0.4 is 0 Å². The number of fused-ring (bicyclic) bond motifs is 1. The number of nitrogens with zero attached hydrogens (tertiary/aromatic N) is 3. The van der Waals surface area contributed by atoms with E-state index >= 15 is 0 Å². The van der Waals surface area contributed by atoms with E-state index in [0.29, 0.717) is 24.5 Å². The molecule has 1 aliphatic heterocycles. The molecule has 0 amide bonds. The summed E-state index contributed by atoms with van der Waals surface area (Å²) in [5.41, 5.74) is 0. The number of rotatable bonds is 4. The number of sulfonamides is 1. The lowest BCUT2D eigenvalue weighted by molar-refractivity contribution is 0.202. The number of aliphatic hydroxyl groups is 1. The van der Waals surface area contributed by atoms with Crippen LogP contribution in [0.25, 0.3) is 4.96 Å². The molecule has 0 bridgehead atoms. The van der Waals surface area contributed by atoms with E-state index < -0.39 is 10.0 Å². The Morgan fingerprint density at radius 3 is 3.10 bits per heavy atom. The predicted octanol–water partition coefficient (Wildman–Crippen LogP) is 1.83. The maximum atomic E-state index is 12.9. The van der Waals surface area contributed by atoms with Gasteiger partial charge in [0.2, 0.25) is 0 Å². The van der Waals surface area contributed by atoms with Gasteiger partial charge in [-0.15, -0.1) is 11.3 Å². The average Bonchev–Trinajstić information content (AvgIpc) is 2.98. The number of hydrogen-bond donors (Lipinski definition) is 1. The minimum atomic E-state index is -3.67. The molecular weight excluding hydrogens is 334 g/mol. The van der Waals surface area contributed by atoms with E-state index in [9.17, 15) is 8.42 Å². The van der Waals surface area contributed by atoms with Gasteiger partial charge in [0.15, 0.2) is 15.1 Å². The van der Waals surface area contributed by atoms with Crippen molar-refractivity contribution in [3.05, 3.63) is 16.7 Å². The largest absolute Gasteiger partial charge is 0.396 e. The summed E-state index contributed by atoms with van der Waals surface area (Å²) in [6, 6.07) is 0. The van der Waals surface area contributed by atoms with Crippen LogP contribution in [0.5, 0.6) is 0 Å². The topological polar surface area (TPSA) is 74.9 Å². The molecule has 6 nitrogen and oxygen atoms in total. The van der Waals surface area contributed by atoms with Crippen molar-refractivity contribution in [1.29, 1.82) is 0 Å². The number of piperidine rings is 1. The van der Waals surface area contributed by atoms with Gasteiger partial charge in [0.1, 0.15) is 0 Å². The minimum absolute atomic E-state index is 0.0196. The fourth-order valence-corrected chi connectivity index (χ4v) is 5.72. The molecule has 21 heavy (non-hydrogen) atoms. The Hall–Kier alpha value is -0.670. The Kier molecular flexibility index (Phi) is 4.24. The summed E-state index contributed by atoms with van der Waals surface area (Å²) in [4.78, 5) is 4.66. The van der Waals surface area contributed by atoms with Crippen molar-refractivity contribution in [2.45, 2.75) is 24.3 Å². The Bertz CT molecular complexity index is 738. The molecule has 2 aromatic rings. The third kappa shape index (κ3) is 2.70. The van der Waals surface area contributed by atoms with Crippen molar-refractivity contribution < 1.29 is 13.5 Å². The van der Waals surface area contributed by atoms with Crippen LogP contribution in [0, 0.1) is 5.92 Å². The molecule has 0 saturated carbocycles. The number of aromatic nitrogens is 2. The maximum absolute atomic E-state index is 12.9. The van der Waals surface area contributed by atoms with Gasteiger partial charge in [0.05, 0.1) is 0 Å². The minimum Gasteiger partial charge on any atom is -0.396 e. The first kappa shape index (κ1) is 15.2. The summed E-state index contributed by atoms with van der Waals surface area (Å²) in [7, 11) is -3.67. The predicted molar refractivity (Wildman–Crippen MR) is 81.3 cm³/mol. The molecule has 3 heterocycles. The first-order valence-corrected chi connectivity index (χ1v) is 9.46. The molecule has 1 aliphatic rings. The maximum Gasteiger partial charge on any atom is 0.262 e. The second-order valence-corrected chi connectivity index (χ2v) is 8.23. The number of thiazole rings is 1. The molecular formula is C12H16ClN3O3S2. The van der Waals surface area contributed by atoms with Crippen LogP contribution in [-0.4, -0.2) is 46.9 Å². The number of halogens is 1. The molecule has 0 spiro atoms. The SMILES string of the molecule is O=S(=O)(c1c(Cl)nc2sccn12)N1CCCC(CCO)C1. The van der Waals surface area contributed by atoms with Gasteiger partial charge < -0.3 is 5.11 Å². The highest BCUT2D eigenvalue weighted by Crippen LogP contribution is 2.31. The van der Waals surface area contributed by atoms with Crippen molar-refractivity contribution in [2.75, 3.05) is 19.7 Å². The van der Waals surface area contributed by atoms with Gasteiger partial charge >= 0.3 is 0 Å². The van der Waals surface area contributed by atoms with E-state index in [1.54, 1.807) is 11.6 Å². The molecule has 9 heteroatoms. The zero-order chi connectivity index (χ0) is 15.0. The first-order chi connectivity index (χ1) is 10.0. The van der Waals surface area contributed by atoms with Crippen LogP contribution in [0.3, 0.4) is 0 Å². The van der Waals surface area contributed by atoms with Crippen molar-refractivity contribution in [2.24, 2.45) is 5.92 Å².